The van der Waals surface area contributed by atoms with Gasteiger partial charge in [-0.05, 0) is 41.3 Å². The van der Waals surface area contributed by atoms with Gasteiger partial charge in [-0.15, -0.1) is 0 Å². The second-order valence-electron chi connectivity index (χ2n) is 3.99. The molecule has 1 aromatic rings. The topological polar surface area (TPSA) is 65.1 Å². The number of H-pyrrole nitrogens is 1. The number of hydrogen-bond donors (Lipinski definition) is 3. The number of aliphatic hydroxyl groups is 1. The fraction of sp³-hybridized carbons (Fsp3) is 0.500. The van der Waals surface area contributed by atoms with Crippen molar-refractivity contribution >= 4 is 21.8 Å². The number of hydrogen-bond acceptors (Lipinski definition) is 2. The second kappa shape index (κ2) is 3.98. The highest BCUT2D eigenvalue weighted by molar-refractivity contribution is 9.10. The van der Waals surface area contributed by atoms with Gasteiger partial charge in [-0.3, -0.25) is 4.79 Å². The van der Waals surface area contributed by atoms with Gasteiger partial charge in [0.15, 0.2) is 0 Å². The molecular formula is C10H13BrN2O2. The van der Waals surface area contributed by atoms with E-state index in [1.807, 2.05) is 0 Å². The fourth-order valence-electron chi connectivity index (χ4n) is 1.60. The Bertz CT molecular complexity index is 371. The quantitative estimate of drug-likeness (QED) is 0.779. The molecule has 0 aromatic carbocycles. The van der Waals surface area contributed by atoms with Gasteiger partial charge >= 0.3 is 0 Å². The molecule has 0 bridgehead atoms. The van der Waals surface area contributed by atoms with Crippen LogP contribution in [0.4, 0.5) is 0 Å². The molecule has 0 saturated heterocycles. The molecule has 1 aliphatic rings. The van der Waals surface area contributed by atoms with Crippen molar-refractivity contribution < 1.29 is 9.90 Å². The molecule has 0 spiro atoms. The maximum atomic E-state index is 11.6. The lowest BCUT2D eigenvalue weighted by Gasteiger charge is -2.36. The van der Waals surface area contributed by atoms with Crippen LogP contribution in [-0.4, -0.2) is 28.1 Å². The van der Waals surface area contributed by atoms with Crippen LogP contribution in [-0.2, 0) is 0 Å². The summed E-state index contributed by atoms with van der Waals surface area (Å²) in [7, 11) is 0. The van der Waals surface area contributed by atoms with E-state index in [-0.39, 0.29) is 5.91 Å². The zero-order chi connectivity index (χ0) is 10.9. The maximum Gasteiger partial charge on any atom is 0.267 e. The molecule has 1 aliphatic carbocycles. The van der Waals surface area contributed by atoms with Crippen LogP contribution in [0.3, 0.4) is 0 Å². The Balaban J connectivity index is 1.87. The average molecular weight is 273 g/mol. The number of carbonyl (C=O) groups is 1. The largest absolute Gasteiger partial charge is 0.388 e. The van der Waals surface area contributed by atoms with E-state index in [1.54, 1.807) is 12.3 Å². The van der Waals surface area contributed by atoms with Gasteiger partial charge in [-0.2, -0.15) is 0 Å². The summed E-state index contributed by atoms with van der Waals surface area (Å²) >= 11 is 3.26. The zero-order valence-corrected chi connectivity index (χ0v) is 9.80. The Morgan fingerprint density at radius 1 is 1.67 bits per heavy atom. The lowest BCUT2D eigenvalue weighted by Crippen LogP contribution is -2.47. The van der Waals surface area contributed by atoms with Crippen LogP contribution in [0.25, 0.3) is 0 Å². The Hall–Kier alpha value is -0.810. The Labute approximate surface area is 96.2 Å². The Kier molecular flexibility index (Phi) is 2.84. The highest BCUT2D eigenvalue weighted by Crippen LogP contribution is 2.30. The van der Waals surface area contributed by atoms with Crippen LogP contribution < -0.4 is 5.32 Å². The minimum absolute atomic E-state index is 0.180. The molecule has 1 aromatic heterocycles. The number of carbonyl (C=O) groups excluding carboxylic acids is 1. The first-order chi connectivity index (χ1) is 7.09. The van der Waals surface area contributed by atoms with Crippen LogP contribution in [0.1, 0.15) is 29.8 Å². The minimum Gasteiger partial charge on any atom is -0.388 e. The molecule has 1 saturated carbocycles. The maximum absolute atomic E-state index is 11.6. The molecular weight excluding hydrogens is 260 g/mol. The highest BCUT2D eigenvalue weighted by Gasteiger charge is 2.34. The molecule has 1 heterocycles. The standard InChI is InChI=1S/C10H13BrN2O2/c11-7-4-8(12-5-7)9(14)13-6-10(15)2-1-3-10/h4-5,12,15H,1-3,6H2,(H,13,14). The lowest BCUT2D eigenvalue weighted by molar-refractivity contribution is -0.0300. The third kappa shape index (κ3) is 2.41. The van der Waals surface area contributed by atoms with E-state index in [0.717, 1.165) is 23.7 Å². The summed E-state index contributed by atoms with van der Waals surface area (Å²) < 4.78 is 0.843. The third-order valence-electron chi connectivity index (χ3n) is 2.75. The predicted octanol–water partition coefficient (Wildman–Crippen LogP) is 1.42. The summed E-state index contributed by atoms with van der Waals surface area (Å²) in [5, 5.41) is 12.5. The molecule has 82 valence electrons. The first-order valence-corrected chi connectivity index (χ1v) is 5.73. The van der Waals surface area contributed by atoms with Crippen molar-refractivity contribution in [1.82, 2.24) is 10.3 Å². The number of aromatic amines is 1. The lowest BCUT2D eigenvalue weighted by atomic mass is 9.80. The van der Waals surface area contributed by atoms with Gasteiger partial charge in [0.1, 0.15) is 5.69 Å². The van der Waals surface area contributed by atoms with Gasteiger partial charge < -0.3 is 15.4 Å². The molecule has 3 N–H and O–H groups in total. The van der Waals surface area contributed by atoms with Crippen LogP contribution in [0, 0.1) is 0 Å². The molecule has 1 fully saturated rings. The first-order valence-electron chi connectivity index (χ1n) is 4.94. The molecule has 0 atom stereocenters. The number of rotatable bonds is 3. The Morgan fingerprint density at radius 3 is 2.87 bits per heavy atom. The van der Waals surface area contributed by atoms with Gasteiger partial charge in [-0.1, -0.05) is 0 Å². The molecule has 4 nitrogen and oxygen atoms in total. The van der Waals surface area contributed by atoms with E-state index < -0.39 is 5.60 Å². The predicted molar refractivity (Wildman–Crippen MR) is 59.6 cm³/mol. The number of halogens is 1. The van der Waals surface area contributed by atoms with Crippen molar-refractivity contribution in [3.05, 3.63) is 22.4 Å². The summed E-state index contributed by atoms with van der Waals surface area (Å²) in [5.74, 6) is -0.180. The van der Waals surface area contributed by atoms with Crippen molar-refractivity contribution in [3.63, 3.8) is 0 Å². The second-order valence-corrected chi connectivity index (χ2v) is 4.91. The van der Waals surface area contributed by atoms with Gasteiger partial charge in [-0.25, -0.2) is 0 Å². The van der Waals surface area contributed by atoms with Crippen molar-refractivity contribution in [2.75, 3.05) is 6.54 Å². The monoisotopic (exact) mass is 272 g/mol. The van der Waals surface area contributed by atoms with Crippen LogP contribution in [0.5, 0.6) is 0 Å². The van der Waals surface area contributed by atoms with E-state index in [0.29, 0.717) is 12.2 Å². The smallest absolute Gasteiger partial charge is 0.267 e. The number of amides is 1. The SMILES string of the molecule is O=C(NCC1(O)CCC1)c1cc(Br)c[nH]1. The van der Waals surface area contributed by atoms with E-state index >= 15 is 0 Å². The summed E-state index contributed by atoms with van der Waals surface area (Å²) in [6, 6.07) is 1.71. The van der Waals surface area contributed by atoms with Crippen molar-refractivity contribution in [1.29, 1.82) is 0 Å². The van der Waals surface area contributed by atoms with Gasteiger partial charge in [0, 0.05) is 17.2 Å². The van der Waals surface area contributed by atoms with Gasteiger partial charge in [0.25, 0.3) is 5.91 Å². The normalized spacial score (nSPS) is 18.3. The summed E-state index contributed by atoms with van der Waals surface area (Å²) in [6.45, 7) is 0.336. The van der Waals surface area contributed by atoms with E-state index in [4.69, 9.17) is 0 Å². The molecule has 15 heavy (non-hydrogen) atoms. The molecule has 5 heteroatoms. The first kappa shape index (κ1) is 10.7. The van der Waals surface area contributed by atoms with Crippen molar-refractivity contribution in [3.8, 4) is 0 Å². The molecule has 0 aliphatic heterocycles. The average Bonchev–Trinajstić information content (AvgIpc) is 2.58. The fourth-order valence-corrected chi connectivity index (χ4v) is 1.94. The molecule has 0 radical (unpaired) electrons. The summed E-state index contributed by atoms with van der Waals surface area (Å²) in [6.07, 6.45) is 4.30. The van der Waals surface area contributed by atoms with E-state index in [1.165, 1.54) is 0 Å². The van der Waals surface area contributed by atoms with E-state index in [2.05, 4.69) is 26.2 Å². The van der Waals surface area contributed by atoms with Crippen molar-refractivity contribution in [2.45, 2.75) is 24.9 Å². The molecule has 0 unspecified atom stereocenters. The van der Waals surface area contributed by atoms with Gasteiger partial charge in [0.2, 0.25) is 0 Å². The van der Waals surface area contributed by atoms with Gasteiger partial charge in [0.05, 0.1) is 5.60 Å². The number of nitrogens with one attached hydrogen (secondary N) is 2. The summed E-state index contributed by atoms with van der Waals surface area (Å²) in [4.78, 5) is 14.4. The van der Waals surface area contributed by atoms with Crippen molar-refractivity contribution in [2.24, 2.45) is 0 Å². The summed E-state index contributed by atoms with van der Waals surface area (Å²) in [5.41, 5.74) is -0.163. The molecule has 2 rings (SSSR count). The van der Waals surface area contributed by atoms with Crippen LogP contribution in [0.2, 0.25) is 0 Å². The van der Waals surface area contributed by atoms with Crippen LogP contribution >= 0.6 is 15.9 Å². The highest BCUT2D eigenvalue weighted by atomic mass is 79.9. The zero-order valence-electron chi connectivity index (χ0n) is 8.22. The molecule has 1 amide bonds. The Morgan fingerprint density at radius 2 is 2.40 bits per heavy atom. The number of aromatic nitrogens is 1. The van der Waals surface area contributed by atoms with E-state index in [9.17, 15) is 9.90 Å². The third-order valence-corrected chi connectivity index (χ3v) is 3.21. The van der Waals surface area contributed by atoms with Crippen LogP contribution in [0.15, 0.2) is 16.7 Å². The minimum atomic E-state index is -0.667.